The van der Waals surface area contributed by atoms with Gasteiger partial charge >= 0.3 is 5.97 Å². The lowest BCUT2D eigenvalue weighted by Crippen LogP contribution is -2.17. The van der Waals surface area contributed by atoms with Crippen LogP contribution in [-0.4, -0.2) is 47.8 Å². The maximum Gasteiger partial charge on any atom is 0.357 e. The van der Waals surface area contributed by atoms with Gasteiger partial charge in [0.15, 0.2) is 10.8 Å². The quantitative estimate of drug-likeness (QED) is 0.748. The number of thiazole rings is 1. The summed E-state index contributed by atoms with van der Waals surface area (Å²) in [5.74, 6) is -0.719. The molecule has 1 fully saturated rings. The van der Waals surface area contributed by atoms with E-state index in [1.165, 1.54) is 17.6 Å². The average molecular weight is 398 g/mol. The molecular weight excluding hydrogens is 382 g/mol. The maximum absolute atomic E-state index is 12.3. The van der Waals surface area contributed by atoms with Gasteiger partial charge in [-0.1, -0.05) is 11.6 Å². The van der Waals surface area contributed by atoms with E-state index >= 15 is 0 Å². The smallest absolute Gasteiger partial charge is 0.357 e. The monoisotopic (exact) mass is 397 g/mol. The molecule has 0 spiro atoms. The van der Waals surface area contributed by atoms with E-state index in [0.29, 0.717) is 13.2 Å². The highest BCUT2D eigenvalue weighted by Crippen LogP contribution is 2.26. The van der Waals surface area contributed by atoms with Gasteiger partial charge in [0.1, 0.15) is 11.1 Å². The van der Waals surface area contributed by atoms with E-state index in [1.54, 1.807) is 6.92 Å². The number of aromatic nitrogens is 2. The van der Waals surface area contributed by atoms with E-state index in [9.17, 15) is 9.59 Å². The normalized spacial score (nSPS) is 16.3. The Morgan fingerprint density at radius 1 is 1.50 bits per heavy atom. The number of ether oxygens (including phenoxy) is 3. The Balaban J connectivity index is 1.64. The molecule has 3 rings (SSSR count). The Kier molecular flexibility index (Phi) is 6.02. The number of nitrogens with one attached hydrogen (secondary N) is 1. The first-order chi connectivity index (χ1) is 12.6. The molecule has 0 bridgehead atoms. The summed E-state index contributed by atoms with van der Waals surface area (Å²) in [4.78, 5) is 32.0. The number of halogens is 1. The highest BCUT2D eigenvalue weighted by atomic mass is 35.5. The van der Waals surface area contributed by atoms with E-state index in [0.717, 1.165) is 17.8 Å². The van der Waals surface area contributed by atoms with Gasteiger partial charge in [0, 0.05) is 18.0 Å². The fourth-order valence-electron chi connectivity index (χ4n) is 2.20. The van der Waals surface area contributed by atoms with Crippen LogP contribution in [-0.2, 0) is 9.47 Å². The first kappa shape index (κ1) is 18.6. The molecule has 1 aliphatic rings. The van der Waals surface area contributed by atoms with E-state index < -0.39 is 11.9 Å². The molecule has 1 aliphatic heterocycles. The van der Waals surface area contributed by atoms with Gasteiger partial charge in [0.2, 0.25) is 5.88 Å². The zero-order valence-corrected chi connectivity index (χ0v) is 15.4. The minimum Gasteiger partial charge on any atom is -0.471 e. The van der Waals surface area contributed by atoms with Crippen molar-refractivity contribution in [2.75, 3.05) is 25.1 Å². The van der Waals surface area contributed by atoms with Crippen molar-refractivity contribution in [1.82, 2.24) is 9.97 Å². The SMILES string of the molecule is CCOC(=O)c1csc(NC(=O)c2cnc(OC3CCOC3)c(Cl)c2)n1. The van der Waals surface area contributed by atoms with Crippen LogP contribution in [0.15, 0.2) is 17.6 Å². The fraction of sp³-hybridized carbons (Fsp3) is 0.375. The number of hydrogen-bond donors (Lipinski definition) is 1. The van der Waals surface area contributed by atoms with E-state index in [-0.39, 0.29) is 40.0 Å². The summed E-state index contributed by atoms with van der Waals surface area (Å²) in [6.07, 6.45) is 2.05. The van der Waals surface area contributed by atoms with Gasteiger partial charge < -0.3 is 14.2 Å². The van der Waals surface area contributed by atoms with Gasteiger partial charge in [0.05, 0.1) is 25.4 Å². The molecule has 10 heteroatoms. The molecular formula is C16H16ClN3O5S. The molecule has 8 nitrogen and oxygen atoms in total. The molecule has 2 aromatic rings. The van der Waals surface area contributed by atoms with E-state index in [4.69, 9.17) is 25.8 Å². The molecule has 0 saturated carbocycles. The Bertz CT molecular complexity index is 807. The standard InChI is InChI=1S/C16H16ClN3O5S/c1-2-24-15(22)12-8-26-16(19-12)20-13(21)9-5-11(17)14(18-6-9)25-10-3-4-23-7-10/h5-6,8,10H,2-4,7H2,1H3,(H,19,20,21). The number of amides is 1. The maximum atomic E-state index is 12.3. The van der Waals surface area contributed by atoms with Crippen LogP contribution >= 0.6 is 22.9 Å². The summed E-state index contributed by atoms with van der Waals surface area (Å²) >= 11 is 7.27. The zero-order valence-electron chi connectivity index (χ0n) is 13.9. The van der Waals surface area contributed by atoms with Gasteiger partial charge in [-0.2, -0.15) is 0 Å². The van der Waals surface area contributed by atoms with E-state index in [1.807, 2.05) is 0 Å². The zero-order chi connectivity index (χ0) is 18.5. The Morgan fingerprint density at radius 3 is 3.04 bits per heavy atom. The Hall–Kier alpha value is -2.23. The van der Waals surface area contributed by atoms with Gasteiger partial charge in [0.25, 0.3) is 5.91 Å². The third-order valence-corrected chi connectivity index (χ3v) is 4.47. The summed E-state index contributed by atoms with van der Waals surface area (Å²) in [6.45, 7) is 3.10. The summed E-state index contributed by atoms with van der Waals surface area (Å²) < 4.78 is 15.7. The van der Waals surface area contributed by atoms with Crippen LogP contribution in [0.5, 0.6) is 5.88 Å². The summed E-state index contributed by atoms with van der Waals surface area (Å²) in [5.41, 5.74) is 0.392. The van der Waals surface area contributed by atoms with Gasteiger partial charge in [-0.15, -0.1) is 11.3 Å². The van der Waals surface area contributed by atoms with Gasteiger partial charge in [-0.3, -0.25) is 10.1 Å². The lowest BCUT2D eigenvalue weighted by Gasteiger charge is -2.12. The molecule has 2 aromatic heterocycles. The minimum atomic E-state index is -0.536. The summed E-state index contributed by atoms with van der Waals surface area (Å²) in [5, 5.41) is 4.62. The number of carbonyl (C=O) groups is 2. The topological polar surface area (TPSA) is 99.6 Å². The van der Waals surface area contributed by atoms with Gasteiger partial charge in [-0.25, -0.2) is 14.8 Å². The van der Waals surface area contributed by atoms with Crippen LogP contribution < -0.4 is 10.1 Å². The predicted octanol–water partition coefficient (Wildman–Crippen LogP) is 2.79. The number of anilines is 1. The minimum absolute atomic E-state index is 0.0868. The third kappa shape index (κ3) is 4.48. The molecule has 1 atom stereocenters. The van der Waals surface area contributed by atoms with Crippen molar-refractivity contribution in [3.63, 3.8) is 0 Å². The van der Waals surface area contributed by atoms with E-state index in [2.05, 4.69) is 15.3 Å². The number of carbonyl (C=O) groups excluding carboxylic acids is 2. The van der Waals surface area contributed by atoms with Crippen molar-refractivity contribution in [3.8, 4) is 5.88 Å². The second-order valence-electron chi connectivity index (χ2n) is 5.33. The number of rotatable bonds is 6. The molecule has 1 N–H and O–H groups in total. The summed E-state index contributed by atoms with van der Waals surface area (Å²) in [6, 6.07) is 1.47. The highest BCUT2D eigenvalue weighted by molar-refractivity contribution is 7.14. The molecule has 26 heavy (non-hydrogen) atoms. The Labute approximate surface area is 158 Å². The fourth-order valence-corrected chi connectivity index (χ4v) is 3.08. The molecule has 1 unspecified atom stereocenters. The van der Waals surface area contributed by atoms with Crippen LogP contribution in [0, 0.1) is 0 Å². The second-order valence-corrected chi connectivity index (χ2v) is 6.59. The van der Waals surface area contributed by atoms with Gasteiger partial charge in [-0.05, 0) is 13.0 Å². The molecule has 138 valence electrons. The molecule has 0 aliphatic carbocycles. The van der Waals surface area contributed by atoms with Crippen LogP contribution in [0.25, 0.3) is 0 Å². The van der Waals surface area contributed by atoms with Crippen molar-refractivity contribution in [3.05, 3.63) is 33.9 Å². The summed E-state index contributed by atoms with van der Waals surface area (Å²) in [7, 11) is 0. The van der Waals surface area contributed by atoms with Crippen LogP contribution in [0.4, 0.5) is 5.13 Å². The van der Waals surface area contributed by atoms with Crippen molar-refractivity contribution in [1.29, 1.82) is 0 Å². The number of nitrogens with zero attached hydrogens (tertiary/aromatic N) is 2. The highest BCUT2D eigenvalue weighted by Gasteiger charge is 2.20. The first-order valence-electron chi connectivity index (χ1n) is 7.90. The first-order valence-corrected chi connectivity index (χ1v) is 9.16. The van der Waals surface area contributed by atoms with Crippen molar-refractivity contribution in [2.45, 2.75) is 19.4 Å². The van der Waals surface area contributed by atoms with Crippen molar-refractivity contribution >= 4 is 39.9 Å². The predicted molar refractivity (Wildman–Crippen MR) is 95.1 cm³/mol. The molecule has 0 aromatic carbocycles. The molecule has 1 amide bonds. The number of esters is 1. The van der Waals surface area contributed by atoms with Crippen LogP contribution in [0.3, 0.4) is 0 Å². The molecule has 1 saturated heterocycles. The lowest BCUT2D eigenvalue weighted by molar-refractivity contribution is 0.0520. The number of hydrogen-bond acceptors (Lipinski definition) is 8. The van der Waals surface area contributed by atoms with Crippen LogP contribution in [0.2, 0.25) is 5.02 Å². The van der Waals surface area contributed by atoms with Crippen LogP contribution in [0.1, 0.15) is 34.2 Å². The average Bonchev–Trinajstić information content (AvgIpc) is 3.29. The second kappa shape index (κ2) is 8.43. The Morgan fingerprint density at radius 2 is 2.35 bits per heavy atom. The van der Waals surface area contributed by atoms with Crippen molar-refractivity contribution < 1.29 is 23.8 Å². The largest absolute Gasteiger partial charge is 0.471 e. The third-order valence-electron chi connectivity index (χ3n) is 3.45. The molecule has 0 radical (unpaired) electrons. The molecule has 3 heterocycles. The van der Waals surface area contributed by atoms with Crippen molar-refractivity contribution in [2.24, 2.45) is 0 Å². The lowest BCUT2D eigenvalue weighted by atomic mass is 10.2. The number of pyridine rings is 1.